The number of carbonyl (C=O) groups excluding carboxylic acids is 1. The second kappa shape index (κ2) is 12.3. The molecule has 198 valence electrons. The van der Waals surface area contributed by atoms with Gasteiger partial charge in [-0.1, -0.05) is 42.5 Å². The van der Waals surface area contributed by atoms with E-state index in [-0.39, 0.29) is 36.1 Å². The van der Waals surface area contributed by atoms with Crippen LogP contribution in [0.2, 0.25) is 0 Å². The summed E-state index contributed by atoms with van der Waals surface area (Å²) in [5, 5.41) is 22.2. The number of hydrogen-bond acceptors (Lipinski definition) is 7. The summed E-state index contributed by atoms with van der Waals surface area (Å²) in [6.45, 7) is 2.39. The number of benzene rings is 3. The number of aromatic hydroxyl groups is 1. The van der Waals surface area contributed by atoms with Crippen LogP contribution in [-0.2, 0) is 16.1 Å². The van der Waals surface area contributed by atoms with E-state index in [1.807, 2.05) is 60.0 Å². The monoisotopic (exact) mass is 539 g/mol. The summed E-state index contributed by atoms with van der Waals surface area (Å²) >= 11 is 1.47. The topological polar surface area (TPSA) is 88.8 Å². The molecule has 4 aromatic rings. The second-order valence-corrected chi connectivity index (χ2v) is 10.4. The lowest BCUT2D eigenvalue weighted by Crippen LogP contribution is -2.25. The van der Waals surface area contributed by atoms with Crippen LogP contribution in [0, 0.1) is 11.3 Å². The number of nitriles is 1. The van der Waals surface area contributed by atoms with Crippen molar-refractivity contribution in [3.05, 3.63) is 106 Å². The van der Waals surface area contributed by atoms with Gasteiger partial charge in [0.15, 0.2) is 12.1 Å². The predicted octanol–water partition coefficient (Wildman–Crippen LogP) is 7.41. The minimum Gasteiger partial charge on any atom is -0.506 e. The highest BCUT2D eigenvalue weighted by Gasteiger charge is 2.23. The Balaban J connectivity index is 1.37. The number of hydrogen-bond donors (Lipinski definition) is 1. The Bertz CT molecular complexity index is 1470. The van der Waals surface area contributed by atoms with E-state index in [0.29, 0.717) is 23.5 Å². The number of ether oxygens (including phenoxy) is 3. The van der Waals surface area contributed by atoms with Crippen LogP contribution in [0.4, 0.5) is 0 Å². The van der Waals surface area contributed by atoms with E-state index in [1.165, 1.54) is 18.3 Å². The van der Waals surface area contributed by atoms with E-state index in [4.69, 9.17) is 14.2 Å². The minimum absolute atomic E-state index is 0.0673. The molecule has 1 aliphatic heterocycles. The van der Waals surface area contributed by atoms with Crippen LogP contribution >= 0.6 is 11.3 Å². The van der Waals surface area contributed by atoms with Crippen molar-refractivity contribution in [3.8, 4) is 28.0 Å². The molecule has 0 radical (unpaired) electrons. The molecule has 0 saturated carbocycles. The van der Waals surface area contributed by atoms with Crippen LogP contribution in [0.5, 0.6) is 11.5 Å². The van der Waals surface area contributed by atoms with E-state index < -0.39 is 0 Å². The van der Waals surface area contributed by atoms with Gasteiger partial charge in [-0.25, -0.2) is 0 Å². The van der Waals surface area contributed by atoms with Crippen LogP contribution in [0.3, 0.4) is 0 Å². The van der Waals surface area contributed by atoms with Crippen LogP contribution in [0.15, 0.2) is 78.2 Å². The van der Waals surface area contributed by atoms with Gasteiger partial charge in [-0.3, -0.25) is 4.79 Å². The second-order valence-electron chi connectivity index (χ2n) is 9.45. The highest BCUT2D eigenvalue weighted by Crippen LogP contribution is 2.42. The number of rotatable bonds is 9. The SMILES string of the molecule is CC(=O)c1ccc(OCc2ccc(C(OC3CCCCO3)c3cccc(C#N)c3)cc2)c(-c2cccs2)c1O. The summed E-state index contributed by atoms with van der Waals surface area (Å²) in [5.74, 6) is 0.235. The van der Waals surface area contributed by atoms with E-state index >= 15 is 0 Å². The molecule has 39 heavy (non-hydrogen) atoms. The highest BCUT2D eigenvalue weighted by molar-refractivity contribution is 7.13. The van der Waals surface area contributed by atoms with Gasteiger partial charge in [-0.05, 0) is 78.6 Å². The van der Waals surface area contributed by atoms with Gasteiger partial charge < -0.3 is 19.3 Å². The maximum atomic E-state index is 12.0. The Morgan fingerprint density at radius 2 is 1.95 bits per heavy atom. The van der Waals surface area contributed by atoms with Gasteiger partial charge in [0.2, 0.25) is 0 Å². The van der Waals surface area contributed by atoms with Crippen LogP contribution in [-0.4, -0.2) is 23.8 Å². The number of ketones is 1. The molecule has 2 atom stereocenters. The number of phenolic OH excluding ortho intramolecular Hbond substituents is 1. The van der Waals surface area contributed by atoms with Gasteiger partial charge in [0.25, 0.3) is 0 Å². The van der Waals surface area contributed by atoms with Crippen molar-refractivity contribution in [2.45, 2.75) is 45.2 Å². The lowest BCUT2D eigenvalue weighted by Gasteiger charge is -2.28. The Kier molecular flexibility index (Phi) is 8.38. The van der Waals surface area contributed by atoms with E-state index in [2.05, 4.69) is 6.07 Å². The molecule has 1 fully saturated rings. The molecule has 0 aliphatic carbocycles. The first-order valence-corrected chi connectivity index (χ1v) is 13.8. The average molecular weight is 540 g/mol. The summed E-state index contributed by atoms with van der Waals surface area (Å²) in [6, 6.07) is 24.8. The normalized spacial score (nSPS) is 15.8. The maximum Gasteiger partial charge on any atom is 0.163 e. The molecule has 3 aromatic carbocycles. The fourth-order valence-corrected chi connectivity index (χ4v) is 5.45. The molecular formula is C32H29NO5S. The molecule has 0 bridgehead atoms. The van der Waals surface area contributed by atoms with Gasteiger partial charge in [0, 0.05) is 11.5 Å². The first kappa shape index (κ1) is 26.6. The highest BCUT2D eigenvalue weighted by atomic mass is 32.1. The summed E-state index contributed by atoms with van der Waals surface area (Å²) in [7, 11) is 0. The molecule has 2 unspecified atom stereocenters. The Morgan fingerprint density at radius 3 is 2.64 bits per heavy atom. The van der Waals surface area contributed by atoms with Gasteiger partial charge in [0.1, 0.15) is 24.2 Å². The molecule has 0 spiro atoms. The molecule has 1 aromatic heterocycles. The van der Waals surface area contributed by atoms with Gasteiger partial charge in [-0.2, -0.15) is 5.26 Å². The molecule has 1 N–H and O–H groups in total. The van der Waals surface area contributed by atoms with Crippen LogP contribution < -0.4 is 4.74 Å². The summed E-state index contributed by atoms with van der Waals surface area (Å²) in [5.41, 5.74) is 4.15. The molecule has 1 saturated heterocycles. The third-order valence-corrected chi connectivity index (χ3v) is 7.59. The zero-order valence-electron chi connectivity index (χ0n) is 21.6. The zero-order valence-corrected chi connectivity index (χ0v) is 22.4. The molecule has 0 amide bonds. The maximum absolute atomic E-state index is 12.0. The molecular weight excluding hydrogens is 510 g/mol. The number of nitrogens with zero attached hydrogens (tertiary/aromatic N) is 1. The van der Waals surface area contributed by atoms with Gasteiger partial charge >= 0.3 is 0 Å². The molecule has 6 nitrogen and oxygen atoms in total. The Morgan fingerprint density at radius 1 is 1.10 bits per heavy atom. The third kappa shape index (κ3) is 6.21. The van der Waals surface area contributed by atoms with Crippen molar-refractivity contribution in [2.75, 3.05) is 6.61 Å². The van der Waals surface area contributed by atoms with E-state index in [9.17, 15) is 15.2 Å². The largest absolute Gasteiger partial charge is 0.506 e. The van der Waals surface area contributed by atoms with Crippen molar-refractivity contribution in [1.29, 1.82) is 5.26 Å². The molecule has 5 rings (SSSR count). The lowest BCUT2D eigenvalue weighted by molar-refractivity contribution is -0.181. The van der Waals surface area contributed by atoms with Crippen molar-refractivity contribution >= 4 is 17.1 Å². The fourth-order valence-electron chi connectivity index (χ4n) is 4.68. The molecule has 7 heteroatoms. The van der Waals surface area contributed by atoms with Crippen molar-refractivity contribution in [2.24, 2.45) is 0 Å². The van der Waals surface area contributed by atoms with Crippen LogP contribution in [0.25, 0.3) is 10.4 Å². The quantitative estimate of drug-likeness (QED) is 0.223. The standard InChI is InChI=1S/C32H29NO5S/c1-21(34)26-14-15-27(30(31(26)35)28-8-5-17-39-28)37-20-22-10-12-24(13-11-22)32(38-29-9-2-3-16-36-29)25-7-4-6-23(18-25)19-33/h4-8,10-15,17-18,29,32,35H,2-3,9,16,20H2,1H3. The van der Waals surface area contributed by atoms with E-state index in [0.717, 1.165) is 40.8 Å². The lowest BCUT2D eigenvalue weighted by atomic mass is 9.98. The average Bonchev–Trinajstić information content (AvgIpc) is 3.50. The molecule has 1 aliphatic rings. The smallest absolute Gasteiger partial charge is 0.163 e. The predicted molar refractivity (Wildman–Crippen MR) is 150 cm³/mol. The number of thiophene rings is 1. The summed E-state index contributed by atoms with van der Waals surface area (Å²) in [4.78, 5) is 12.8. The first-order valence-electron chi connectivity index (χ1n) is 12.9. The minimum atomic E-state index is -0.377. The van der Waals surface area contributed by atoms with Crippen LogP contribution in [0.1, 0.15) is 64.9 Å². The summed E-state index contributed by atoms with van der Waals surface area (Å²) < 4.78 is 18.4. The van der Waals surface area contributed by atoms with Crippen molar-refractivity contribution in [1.82, 2.24) is 0 Å². The van der Waals surface area contributed by atoms with Gasteiger partial charge in [0.05, 0.1) is 22.8 Å². The number of phenols is 1. The number of Topliss-reactive ketones (excluding diaryl/α,β-unsaturated/α-hetero) is 1. The van der Waals surface area contributed by atoms with Crippen molar-refractivity contribution in [3.63, 3.8) is 0 Å². The third-order valence-electron chi connectivity index (χ3n) is 6.71. The summed E-state index contributed by atoms with van der Waals surface area (Å²) in [6.07, 6.45) is 2.26. The number of carbonyl (C=O) groups is 1. The fraction of sp³-hybridized carbons (Fsp3) is 0.250. The Hall–Kier alpha value is -3.96. The Labute approximate surface area is 232 Å². The van der Waals surface area contributed by atoms with Crippen molar-refractivity contribution < 1.29 is 24.1 Å². The molecule has 2 heterocycles. The zero-order chi connectivity index (χ0) is 27.2. The van der Waals surface area contributed by atoms with Gasteiger partial charge in [-0.15, -0.1) is 11.3 Å². The van der Waals surface area contributed by atoms with E-state index in [1.54, 1.807) is 18.2 Å². The first-order chi connectivity index (χ1) is 19.0.